The summed E-state index contributed by atoms with van der Waals surface area (Å²) >= 11 is 0. The standard InChI is InChI=1S/C16H13N4/c1-18-15-13-8-17-6-7-19(13)10-14(15)20-9-11-4-2-3-5-12(11)16(18)20/h2-8,10H,9H2,1H3/q+1. The Hall–Kier alpha value is -2.62. The summed E-state index contributed by atoms with van der Waals surface area (Å²) in [7, 11) is 2.14. The molecule has 0 fully saturated rings. The van der Waals surface area contributed by atoms with Gasteiger partial charge in [-0.25, -0.2) is 9.13 Å². The third-order valence-corrected chi connectivity index (χ3v) is 4.32. The van der Waals surface area contributed by atoms with Gasteiger partial charge in [0.1, 0.15) is 12.1 Å². The van der Waals surface area contributed by atoms with Gasteiger partial charge in [-0.2, -0.15) is 0 Å². The smallest absolute Gasteiger partial charge is 0.290 e. The molecule has 1 aliphatic heterocycles. The van der Waals surface area contributed by atoms with Crippen LogP contribution in [0.2, 0.25) is 0 Å². The van der Waals surface area contributed by atoms with Gasteiger partial charge in [0, 0.05) is 18.0 Å². The zero-order chi connectivity index (χ0) is 13.3. The van der Waals surface area contributed by atoms with E-state index in [4.69, 9.17) is 0 Å². The van der Waals surface area contributed by atoms with E-state index < -0.39 is 0 Å². The molecule has 4 nitrogen and oxygen atoms in total. The summed E-state index contributed by atoms with van der Waals surface area (Å²) in [6.45, 7) is 0.952. The Balaban J connectivity index is 1.98. The maximum absolute atomic E-state index is 4.26. The monoisotopic (exact) mass is 261 g/mol. The Bertz CT molecular complexity index is 990. The second-order valence-electron chi connectivity index (χ2n) is 5.36. The molecule has 5 rings (SSSR count). The molecule has 0 spiro atoms. The van der Waals surface area contributed by atoms with Crippen LogP contribution in [0.3, 0.4) is 0 Å². The van der Waals surface area contributed by atoms with Crippen LogP contribution >= 0.6 is 0 Å². The van der Waals surface area contributed by atoms with Crippen molar-refractivity contribution in [3.05, 3.63) is 54.6 Å². The van der Waals surface area contributed by atoms with Gasteiger partial charge in [-0.05, 0) is 6.07 Å². The Labute approximate surface area is 115 Å². The van der Waals surface area contributed by atoms with Crippen LogP contribution in [0.1, 0.15) is 5.56 Å². The zero-order valence-corrected chi connectivity index (χ0v) is 11.1. The molecular formula is C16H13N4+. The molecule has 0 N–H and O–H groups in total. The number of fused-ring (bicyclic) bond motifs is 7. The van der Waals surface area contributed by atoms with Crippen LogP contribution in [0.4, 0.5) is 0 Å². The van der Waals surface area contributed by atoms with E-state index >= 15 is 0 Å². The van der Waals surface area contributed by atoms with Crippen LogP contribution in [0.25, 0.3) is 27.9 Å². The Kier molecular flexibility index (Phi) is 1.67. The number of nitrogens with zero attached hydrogens (tertiary/aromatic N) is 4. The molecule has 0 atom stereocenters. The van der Waals surface area contributed by atoms with Gasteiger partial charge in [0.2, 0.25) is 5.52 Å². The van der Waals surface area contributed by atoms with Gasteiger partial charge in [0.15, 0.2) is 5.52 Å². The highest BCUT2D eigenvalue weighted by molar-refractivity contribution is 5.91. The van der Waals surface area contributed by atoms with Gasteiger partial charge in [0.25, 0.3) is 5.82 Å². The van der Waals surface area contributed by atoms with Crippen LogP contribution < -0.4 is 4.57 Å². The Morgan fingerprint density at radius 2 is 2.10 bits per heavy atom. The molecular weight excluding hydrogens is 248 g/mol. The predicted molar refractivity (Wildman–Crippen MR) is 76.4 cm³/mol. The summed E-state index contributed by atoms with van der Waals surface area (Å²) in [5.74, 6) is 1.29. The first-order valence-electron chi connectivity index (χ1n) is 6.76. The van der Waals surface area contributed by atoms with Crippen molar-refractivity contribution in [2.75, 3.05) is 0 Å². The summed E-state index contributed by atoms with van der Waals surface area (Å²) in [5, 5.41) is 0. The van der Waals surface area contributed by atoms with E-state index in [2.05, 4.69) is 56.0 Å². The Morgan fingerprint density at radius 3 is 3.05 bits per heavy atom. The van der Waals surface area contributed by atoms with Crippen molar-refractivity contribution in [3.63, 3.8) is 0 Å². The van der Waals surface area contributed by atoms with Crippen LogP contribution in [-0.4, -0.2) is 14.0 Å². The van der Waals surface area contributed by atoms with E-state index in [1.165, 1.54) is 28.0 Å². The normalized spacial score (nSPS) is 13.1. The molecule has 0 radical (unpaired) electrons. The highest BCUT2D eigenvalue weighted by atomic mass is 15.2. The maximum Gasteiger partial charge on any atom is 0.290 e. The predicted octanol–water partition coefficient (Wildman–Crippen LogP) is 2.14. The molecule has 0 saturated carbocycles. The van der Waals surface area contributed by atoms with Crippen molar-refractivity contribution in [3.8, 4) is 11.4 Å². The van der Waals surface area contributed by atoms with Crippen molar-refractivity contribution < 1.29 is 4.57 Å². The zero-order valence-electron chi connectivity index (χ0n) is 11.1. The summed E-state index contributed by atoms with van der Waals surface area (Å²) < 4.78 is 6.83. The number of hydrogen-bond donors (Lipinski definition) is 0. The summed E-state index contributed by atoms with van der Waals surface area (Å²) in [6.07, 6.45) is 7.96. The van der Waals surface area contributed by atoms with Gasteiger partial charge in [-0.1, -0.05) is 18.2 Å². The molecule has 3 aromatic heterocycles. The summed E-state index contributed by atoms with van der Waals surface area (Å²) in [4.78, 5) is 4.26. The van der Waals surface area contributed by atoms with E-state index in [0.717, 1.165) is 12.1 Å². The van der Waals surface area contributed by atoms with E-state index in [-0.39, 0.29) is 0 Å². The molecule has 1 aromatic carbocycles. The van der Waals surface area contributed by atoms with E-state index in [1.54, 1.807) is 0 Å². The average Bonchev–Trinajstić information content (AvgIpc) is 3.10. The lowest BCUT2D eigenvalue weighted by molar-refractivity contribution is -0.633. The minimum absolute atomic E-state index is 0.952. The van der Waals surface area contributed by atoms with Gasteiger partial charge in [-0.15, -0.1) is 0 Å². The second kappa shape index (κ2) is 3.28. The minimum Gasteiger partial charge on any atom is -0.313 e. The molecule has 96 valence electrons. The molecule has 0 unspecified atom stereocenters. The molecule has 0 bridgehead atoms. The SMILES string of the molecule is C[n+]1c2n(c3cn4ccncc4c31)Cc1ccccc1-2. The maximum atomic E-state index is 4.26. The minimum atomic E-state index is 0.952. The van der Waals surface area contributed by atoms with Crippen LogP contribution in [0.5, 0.6) is 0 Å². The second-order valence-corrected chi connectivity index (χ2v) is 5.36. The molecule has 0 amide bonds. The van der Waals surface area contributed by atoms with Crippen molar-refractivity contribution >= 4 is 16.6 Å². The molecule has 0 aliphatic carbocycles. The number of benzene rings is 1. The molecule has 1 aliphatic rings. The first kappa shape index (κ1) is 10.2. The van der Waals surface area contributed by atoms with Crippen LogP contribution in [-0.2, 0) is 13.6 Å². The number of aromatic nitrogens is 4. The number of hydrogen-bond acceptors (Lipinski definition) is 1. The van der Waals surface area contributed by atoms with Gasteiger partial charge < -0.3 is 4.40 Å². The third-order valence-electron chi connectivity index (χ3n) is 4.32. The first-order valence-corrected chi connectivity index (χ1v) is 6.76. The Morgan fingerprint density at radius 1 is 1.20 bits per heavy atom. The fourth-order valence-corrected chi connectivity index (χ4v) is 3.47. The van der Waals surface area contributed by atoms with Crippen molar-refractivity contribution in [1.29, 1.82) is 0 Å². The lowest BCUT2D eigenvalue weighted by Crippen LogP contribution is -2.29. The fraction of sp³-hybridized carbons (Fsp3) is 0.125. The lowest BCUT2D eigenvalue weighted by Gasteiger charge is -1.96. The highest BCUT2D eigenvalue weighted by Gasteiger charge is 2.33. The topological polar surface area (TPSA) is 26.1 Å². The average molecular weight is 261 g/mol. The van der Waals surface area contributed by atoms with Crippen LogP contribution in [0.15, 0.2) is 49.1 Å². The van der Waals surface area contributed by atoms with E-state index in [0.29, 0.717) is 0 Å². The first-order chi connectivity index (χ1) is 9.84. The summed E-state index contributed by atoms with van der Waals surface area (Å²) in [6, 6.07) is 8.65. The molecule has 20 heavy (non-hydrogen) atoms. The quantitative estimate of drug-likeness (QED) is 0.392. The molecule has 0 saturated heterocycles. The third kappa shape index (κ3) is 1.04. The summed E-state index contributed by atoms with van der Waals surface area (Å²) in [5.41, 5.74) is 6.42. The van der Waals surface area contributed by atoms with Crippen LogP contribution in [0, 0.1) is 0 Å². The van der Waals surface area contributed by atoms with Crippen molar-refractivity contribution in [2.24, 2.45) is 7.05 Å². The van der Waals surface area contributed by atoms with Gasteiger partial charge in [-0.3, -0.25) is 4.98 Å². The molecule has 4 heterocycles. The van der Waals surface area contributed by atoms with Crippen molar-refractivity contribution in [1.82, 2.24) is 14.0 Å². The van der Waals surface area contributed by atoms with Gasteiger partial charge in [0.05, 0.1) is 25.0 Å². The lowest BCUT2D eigenvalue weighted by atomic mass is 10.1. The van der Waals surface area contributed by atoms with E-state index in [1.807, 2.05) is 18.6 Å². The van der Waals surface area contributed by atoms with E-state index in [9.17, 15) is 0 Å². The molecule has 4 heteroatoms. The number of aryl methyl sites for hydroxylation is 1. The van der Waals surface area contributed by atoms with Gasteiger partial charge >= 0.3 is 0 Å². The molecule has 4 aromatic rings. The van der Waals surface area contributed by atoms with Crippen molar-refractivity contribution in [2.45, 2.75) is 6.54 Å². The fourth-order valence-electron chi connectivity index (χ4n) is 3.47. The highest BCUT2D eigenvalue weighted by Crippen LogP contribution is 2.34. The largest absolute Gasteiger partial charge is 0.313 e. The number of imidazole rings is 1. The number of rotatable bonds is 0.